The van der Waals surface area contributed by atoms with Gasteiger partial charge in [-0.25, -0.2) is 13.4 Å². The number of nitrogens with zero attached hydrogens (tertiary/aromatic N) is 2. The molecule has 0 radical (unpaired) electrons. The first-order valence-electron chi connectivity index (χ1n) is 8.77. The minimum Gasteiger partial charge on any atom is -0.370 e. The standard InChI is InChI=1S/C19H24N4O2S.HI/c20-19(22-17-9-3-1-4-10-17)21-15-16-8-7-11-18(14-16)26(24,25)23-12-5-2-6-13-23;/h1,3-4,7-11,14H,2,5-6,12-13,15H2,(H3,20,21,22);1H. The van der Waals surface area contributed by atoms with Crippen LogP contribution in [0.5, 0.6) is 0 Å². The molecule has 1 saturated heterocycles. The number of aliphatic imine (C=N–C) groups is 1. The molecule has 2 aromatic rings. The van der Waals surface area contributed by atoms with Crippen LogP contribution in [0.25, 0.3) is 0 Å². The van der Waals surface area contributed by atoms with Gasteiger partial charge < -0.3 is 11.1 Å². The molecule has 0 saturated carbocycles. The van der Waals surface area contributed by atoms with E-state index in [0.29, 0.717) is 30.5 Å². The molecule has 0 spiro atoms. The number of guanidine groups is 1. The van der Waals surface area contributed by atoms with Crippen molar-refractivity contribution in [2.75, 3.05) is 18.4 Å². The monoisotopic (exact) mass is 500 g/mol. The number of nitrogens with one attached hydrogen (secondary N) is 1. The van der Waals surface area contributed by atoms with Crippen LogP contribution in [0.2, 0.25) is 0 Å². The number of nitrogens with two attached hydrogens (primary N) is 1. The Kier molecular flexibility index (Phi) is 8.06. The zero-order valence-corrected chi connectivity index (χ0v) is 18.2. The first-order chi connectivity index (χ1) is 12.6. The summed E-state index contributed by atoms with van der Waals surface area (Å²) in [7, 11) is -3.43. The molecule has 1 aliphatic heterocycles. The van der Waals surface area contributed by atoms with Crippen molar-refractivity contribution in [3.05, 3.63) is 60.2 Å². The molecule has 3 N–H and O–H groups in total. The molecule has 1 fully saturated rings. The first-order valence-corrected chi connectivity index (χ1v) is 10.2. The highest BCUT2D eigenvalue weighted by atomic mass is 127. The molecule has 2 aromatic carbocycles. The summed E-state index contributed by atoms with van der Waals surface area (Å²) in [5.41, 5.74) is 7.57. The number of hydrogen-bond donors (Lipinski definition) is 2. The summed E-state index contributed by atoms with van der Waals surface area (Å²) in [5, 5.41) is 3.01. The van der Waals surface area contributed by atoms with Gasteiger partial charge in [0.05, 0.1) is 11.4 Å². The van der Waals surface area contributed by atoms with E-state index in [0.717, 1.165) is 30.5 Å². The van der Waals surface area contributed by atoms with E-state index in [1.54, 1.807) is 22.5 Å². The molecule has 3 rings (SSSR count). The van der Waals surface area contributed by atoms with Crippen LogP contribution in [0.1, 0.15) is 24.8 Å². The third-order valence-corrected chi connectivity index (χ3v) is 6.22. The summed E-state index contributed by atoms with van der Waals surface area (Å²) in [6.07, 6.45) is 2.93. The molecule has 0 atom stereocenters. The van der Waals surface area contributed by atoms with E-state index >= 15 is 0 Å². The summed E-state index contributed by atoms with van der Waals surface area (Å²) in [4.78, 5) is 4.62. The molecule has 1 heterocycles. The van der Waals surface area contributed by atoms with Crippen LogP contribution in [0.4, 0.5) is 5.69 Å². The number of para-hydroxylation sites is 1. The third kappa shape index (κ3) is 5.91. The van der Waals surface area contributed by atoms with Gasteiger partial charge in [0.1, 0.15) is 0 Å². The van der Waals surface area contributed by atoms with E-state index in [2.05, 4.69) is 10.3 Å². The van der Waals surface area contributed by atoms with Crippen LogP contribution >= 0.6 is 24.0 Å². The van der Waals surface area contributed by atoms with E-state index in [4.69, 9.17) is 5.73 Å². The lowest BCUT2D eigenvalue weighted by atomic mass is 10.2. The lowest BCUT2D eigenvalue weighted by Gasteiger charge is -2.26. The van der Waals surface area contributed by atoms with Crippen molar-refractivity contribution in [1.29, 1.82) is 0 Å². The molecule has 8 heteroatoms. The summed E-state index contributed by atoms with van der Waals surface area (Å²) in [6, 6.07) is 16.5. The quantitative estimate of drug-likeness (QED) is 0.374. The van der Waals surface area contributed by atoms with E-state index in [-0.39, 0.29) is 24.0 Å². The van der Waals surface area contributed by atoms with Gasteiger partial charge in [0.15, 0.2) is 5.96 Å². The lowest BCUT2D eigenvalue weighted by Crippen LogP contribution is -2.35. The van der Waals surface area contributed by atoms with Gasteiger partial charge in [-0.1, -0.05) is 36.8 Å². The second-order valence-electron chi connectivity index (χ2n) is 6.30. The molecular weight excluding hydrogens is 475 g/mol. The summed E-state index contributed by atoms with van der Waals surface area (Å²) < 4.78 is 27.1. The largest absolute Gasteiger partial charge is 0.370 e. The molecule has 0 aliphatic carbocycles. The molecule has 0 aromatic heterocycles. The fourth-order valence-corrected chi connectivity index (χ4v) is 4.53. The Morgan fingerprint density at radius 3 is 2.44 bits per heavy atom. The molecular formula is C19H25IN4O2S. The van der Waals surface area contributed by atoms with E-state index < -0.39 is 10.0 Å². The Hall–Kier alpha value is -1.65. The van der Waals surface area contributed by atoms with Crippen molar-refractivity contribution in [1.82, 2.24) is 4.31 Å². The molecule has 146 valence electrons. The maximum absolute atomic E-state index is 12.8. The van der Waals surface area contributed by atoms with Crippen LogP contribution in [0, 0.1) is 0 Å². The SMILES string of the molecule is I.NC(=NCc1cccc(S(=O)(=O)N2CCCCC2)c1)Nc1ccccc1. The molecule has 6 nitrogen and oxygen atoms in total. The van der Waals surface area contributed by atoms with E-state index in [9.17, 15) is 8.42 Å². The highest BCUT2D eigenvalue weighted by Crippen LogP contribution is 2.21. The van der Waals surface area contributed by atoms with Crippen molar-refractivity contribution in [3.63, 3.8) is 0 Å². The number of sulfonamides is 1. The summed E-state index contributed by atoms with van der Waals surface area (Å²) >= 11 is 0. The first kappa shape index (κ1) is 21.6. The number of hydrogen-bond acceptors (Lipinski definition) is 3. The van der Waals surface area contributed by atoms with Crippen molar-refractivity contribution >= 4 is 45.6 Å². The second-order valence-corrected chi connectivity index (χ2v) is 8.24. The van der Waals surface area contributed by atoms with Gasteiger partial charge in [-0.15, -0.1) is 24.0 Å². The van der Waals surface area contributed by atoms with Crippen LogP contribution in [0.15, 0.2) is 64.5 Å². The Labute approximate surface area is 177 Å². The van der Waals surface area contributed by atoms with Gasteiger partial charge in [-0.05, 0) is 42.7 Å². The highest BCUT2D eigenvalue weighted by Gasteiger charge is 2.25. The van der Waals surface area contributed by atoms with Crippen LogP contribution in [-0.2, 0) is 16.6 Å². The Morgan fingerprint density at radius 2 is 1.74 bits per heavy atom. The van der Waals surface area contributed by atoms with Crippen LogP contribution in [-0.4, -0.2) is 31.8 Å². The maximum atomic E-state index is 12.8. The molecule has 0 amide bonds. The smallest absolute Gasteiger partial charge is 0.243 e. The fourth-order valence-electron chi connectivity index (χ4n) is 2.94. The Bertz CT molecular complexity index is 866. The Morgan fingerprint density at radius 1 is 1.04 bits per heavy atom. The average Bonchev–Trinajstić information content (AvgIpc) is 2.68. The van der Waals surface area contributed by atoms with Crippen molar-refractivity contribution in [3.8, 4) is 0 Å². The average molecular weight is 500 g/mol. The minimum atomic E-state index is -3.43. The third-order valence-electron chi connectivity index (χ3n) is 4.33. The zero-order chi connectivity index (χ0) is 18.4. The number of benzene rings is 2. The molecule has 27 heavy (non-hydrogen) atoms. The number of halogens is 1. The minimum absolute atomic E-state index is 0. The van der Waals surface area contributed by atoms with Gasteiger partial charge in [0.25, 0.3) is 0 Å². The predicted molar refractivity (Wildman–Crippen MR) is 120 cm³/mol. The molecule has 0 bridgehead atoms. The van der Waals surface area contributed by atoms with Crippen LogP contribution < -0.4 is 11.1 Å². The van der Waals surface area contributed by atoms with Gasteiger partial charge in [0, 0.05) is 18.8 Å². The van der Waals surface area contributed by atoms with Gasteiger partial charge >= 0.3 is 0 Å². The van der Waals surface area contributed by atoms with Crippen molar-refractivity contribution in [2.24, 2.45) is 10.7 Å². The van der Waals surface area contributed by atoms with Gasteiger partial charge in [-0.3, -0.25) is 0 Å². The lowest BCUT2D eigenvalue weighted by molar-refractivity contribution is 0.346. The van der Waals surface area contributed by atoms with Crippen molar-refractivity contribution < 1.29 is 8.42 Å². The normalized spacial score (nSPS) is 15.8. The van der Waals surface area contributed by atoms with Crippen molar-refractivity contribution in [2.45, 2.75) is 30.7 Å². The topological polar surface area (TPSA) is 87.8 Å². The number of piperidine rings is 1. The Balaban J connectivity index is 0.00000261. The summed E-state index contributed by atoms with van der Waals surface area (Å²) in [6.45, 7) is 1.51. The maximum Gasteiger partial charge on any atom is 0.243 e. The number of rotatable bonds is 5. The van der Waals surface area contributed by atoms with E-state index in [1.165, 1.54) is 0 Å². The fraction of sp³-hybridized carbons (Fsp3) is 0.316. The zero-order valence-electron chi connectivity index (χ0n) is 15.0. The summed E-state index contributed by atoms with van der Waals surface area (Å²) in [5.74, 6) is 0.292. The second kappa shape index (κ2) is 10.0. The van der Waals surface area contributed by atoms with Gasteiger partial charge in [0.2, 0.25) is 10.0 Å². The van der Waals surface area contributed by atoms with E-state index in [1.807, 2.05) is 36.4 Å². The highest BCUT2D eigenvalue weighted by molar-refractivity contribution is 14.0. The van der Waals surface area contributed by atoms with Crippen LogP contribution in [0.3, 0.4) is 0 Å². The molecule has 0 unspecified atom stereocenters. The molecule has 1 aliphatic rings. The predicted octanol–water partition coefficient (Wildman–Crippen LogP) is 3.41. The number of anilines is 1. The van der Waals surface area contributed by atoms with Gasteiger partial charge in [-0.2, -0.15) is 4.31 Å².